The molecular formula is C13H15BrN4O2. The van der Waals surface area contributed by atoms with Crippen LogP contribution in [-0.2, 0) is 13.1 Å². The maximum Gasteiger partial charge on any atom is 0.275 e. The molecule has 7 heteroatoms. The van der Waals surface area contributed by atoms with E-state index in [4.69, 9.17) is 0 Å². The first-order valence-corrected chi connectivity index (χ1v) is 6.98. The fourth-order valence-corrected chi connectivity index (χ4v) is 2.21. The van der Waals surface area contributed by atoms with Gasteiger partial charge in [-0.15, -0.1) is 0 Å². The Bertz CT molecular complexity index is 612. The van der Waals surface area contributed by atoms with Gasteiger partial charge >= 0.3 is 0 Å². The van der Waals surface area contributed by atoms with Crippen LogP contribution in [0.1, 0.15) is 11.1 Å². The summed E-state index contributed by atoms with van der Waals surface area (Å²) in [6.07, 6.45) is 3.77. The van der Waals surface area contributed by atoms with Crippen LogP contribution in [0.3, 0.4) is 0 Å². The maximum atomic E-state index is 11.0. The topological polar surface area (TPSA) is 73.0 Å². The van der Waals surface area contributed by atoms with Crippen LogP contribution in [0.15, 0.2) is 35.1 Å². The highest BCUT2D eigenvalue weighted by Gasteiger charge is 2.13. The van der Waals surface area contributed by atoms with Gasteiger partial charge < -0.3 is 5.32 Å². The number of hydrogen-bond donors (Lipinski definition) is 1. The lowest BCUT2D eigenvalue weighted by Gasteiger charge is -2.06. The van der Waals surface area contributed by atoms with Crippen LogP contribution in [0, 0.1) is 17.0 Å². The summed E-state index contributed by atoms with van der Waals surface area (Å²) in [5.41, 5.74) is 1.92. The molecule has 0 fully saturated rings. The summed E-state index contributed by atoms with van der Waals surface area (Å²) in [6, 6.07) is 5.09. The highest BCUT2D eigenvalue weighted by Crippen LogP contribution is 2.23. The number of nitro groups is 1. The molecule has 0 spiro atoms. The van der Waals surface area contributed by atoms with Gasteiger partial charge in [0.05, 0.1) is 17.7 Å². The number of benzene rings is 1. The van der Waals surface area contributed by atoms with Gasteiger partial charge in [0, 0.05) is 35.4 Å². The Labute approximate surface area is 125 Å². The van der Waals surface area contributed by atoms with Crippen molar-refractivity contribution in [2.45, 2.75) is 20.0 Å². The zero-order chi connectivity index (χ0) is 14.5. The van der Waals surface area contributed by atoms with Crippen molar-refractivity contribution in [3.63, 3.8) is 0 Å². The Morgan fingerprint density at radius 2 is 2.30 bits per heavy atom. The summed E-state index contributed by atoms with van der Waals surface area (Å²) in [6.45, 7) is 3.89. The number of nitrogens with zero attached hydrogens (tertiary/aromatic N) is 3. The Kier molecular flexibility index (Phi) is 4.86. The number of nitro benzene ring substituents is 1. The second-order valence-corrected chi connectivity index (χ2v) is 5.40. The summed E-state index contributed by atoms with van der Waals surface area (Å²) < 4.78 is 2.55. The van der Waals surface area contributed by atoms with Crippen molar-refractivity contribution in [3.05, 3.63) is 56.3 Å². The monoisotopic (exact) mass is 338 g/mol. The third-order valence-electron chi connectivity index (χ3n) is 2.84. The lowest BCUT2D eigenvalue weighted by Crippen LogP contribution is -2.20. The average molecular weight is 339 g/mol. The number of halogens is 1. The largest absolute Gasteiger partial charge is 0.311 e. The second-order valence-electron chi connectivity index (χ2n) is 4.49. The van der Waals surface area contributed by atoms with Gasteiger partial charge in [-0.1, -0.05) is 15.9 Å². The molecule has 0 unspecified atom stereocenters. The summed E-state index contributed by atoms with van der Waals surface area (Å²) in [4.78, 5) is 10.6. The van der Waals surface area contributed by atoms with Crippen LogP contribution in [0.25, 0.3) is 0 Å². The van der Waals surface area contributed by atoms with Gasteiger partial charge in [-0.25, -0.2) is 0 Å². The minimum absolute atomic E-state index is 0.127. The van der Waals surface area contributed by atoms with Crippen LogP contribution in [0.4, 0.5) is 5.69 Å². The number of nitrogens with one attached hydrogen (secondary N) is 1. The lowest BCUT2D eigenvalue weighted by molar-refractivity contribution is -0.385. The summed E-state index contributed by atoms with van der Waals surface area (Å²) in [7, 11) is 0. The molecule has 0 radical (unpaired) electrons. The Morgan fingerprint density at radius 1 is 1.50 bits per heavy atom. The van der Waals surface area contributed by atoms with Gasteiger partial charge in [0.25, 0.3) is 5.69 Å². The smallest absolute Gasteiger partial charge is 0.275 e. The standard InChI is InChI=1S/C13H15BrN4O2/c1-10-7-16-17(9-10)5-4-15-8-11-2-3-12(14)6-13(11)18(19)20/h2-3,6-7,9,15H,4-5,8H2,1H3. The van der Waals surface area contributed by atoms with Gasteiger partial charge in [-0.3, -0.25) is 14.8 Å². The van der Waals surface area contributed by atoms with E-state index in [9.17, 15) is 10.1 Å². The van der Waals surface area contributed by atoms with Crippen molar-refractivity contribution in [2.75, 3.05) is 6.54 Å². The van der Waals surface area contributed by atoms with E-state index in [1.165, 1.54) is 6.07 Å². The van der Waals surface area contributed by atoms with Gasteiger partial charge in [-0.2, -0.15) is 5.10 Å². The zero-order valence-electron chi connectivity index (χ0n) is 11.0. The molecule has 1 aromatic carbocycles. The molecule has 2 aromatic rings. The van der Waals surface area contributed by atoms with Crippen LogP contribution in [0.5, 0.6) is 0 Å². The fraction of sp³-hybridized carbons (Fsp3) is 0.308. The zero-order valence-corrected chi connectivity index (χ0v) is 12.6. The molecule has 6 nitrogen and oxygen atoms in total. The number of rotatable bonds is 6. The van der Waals surface area contributed by atoms with Crippen molar-refractivity contribution in [1.82, 2.24) is 15.1 Å². The van der Waals surface area contributed by atoms with E-state index in [2.05, 4.69) is 26.3 Å². The van der Waals surface area contributed by atoms with E-state index in [0.717, 1.165) is 12.1 Å². The molecule has 0 aliphatic heterocycles. The first kappa shape index (κ1) is 14.7. The van der Waals surface area contributed by atoms with Crippen LogP contribution in [0.2, 0.25) is 0 Å². The summed E-state index contributed by atoms with van der Waals surface area (Å²) >= 11 is 3.24. The van der Waals surface area contributed by atoms with E-state index >= 15 is 0 Å². The van der Waals surface area contributed by atoms with E-state index in [1.54, 1.807) is 18.3 Å². The van der Waals surface area contributed by atoms with Crippen molar-refractivity contribution < 1.29 is 4.92 Å². The molecule has 1 heterocycles. The molecule has 106 valence electrons. The molecule has 0 bridgehead atoms. The fourth-order valence-electron chi connectivity index (χ4n) is 1.86. The number of aryl methyl sites for hydroxylation is 1. The first-order chi connectivity index (χ1) is 9.56. The minimum Gasteiger partial charge on any atom is -0.311 e. The van der Waals surface area contributed by atoms with Gasteiger partial charge in [0.15, 0.2) is 0 Å². The Balaban J connectivity index is 1.89. The highest BCUT2D eigenvalue weighted by molar-refractivity contribution is 9.10. The third kappa shape index (κ3) is 3.88. The third-order valence-corrected chi connectivity index (χ3v) is 3.33. The van der Waals surface area contributed by atoms with Crippen molar-refractivity contribution in [1.29, 1.82) is 0 Å². The quantitative estimate of drug-likeness (QED) is 0.499. The maximum absolute atomic E-state index is 11.0. The Hall–Kier alpha value is -1.73. The lowest BCUT2D eigenvalue weighted by atomic mass is 10.2. The van der Waals surface area contributed by atoms with E-state index < -0.39 is 0 Å². The van der Waals surface area contributed by atoms with E-state index in [0.29, 0.717) is 23.1 Å². The normalized spacial score (nSPS) is 10.7. The van der Waals surface area contributed by atoms with Crippen molar-refractivity contribution in [2.24, 2.45) is 0 Å². The van der Waals surface area contributed by atoms with Crippen LogP contribution in [-0.4, -0.2) is 21.2 Å². The van der Waals surface area contributed by atoms with Crippen LogP contribution < -0.4 is 5.32 Å². The molecule has 1 N–H and O–H groups in total. The van der Waals surface area contributed by atoms with Gasteiger partial charge in [0.1, 0.15) is 0 Å². The molecular weight excluding hydrogens is 324 g/mol. The molecule has 0 saturated carbocycles. The number of aromatic nitrogens is 2. The SMILES string of the molecule is Cc1cnn(CCNCc2ccc(Br)cc2[N+](=O)[O-])c1. The van der Waals surface area contributed by atoms with E-state index in [1.807, 2.05) is 17.8 Å². The molecule has 20 heavy (non-hydrogen) atoms. The second kappa shape index (κ2) is 6.62. The van der Waals surface area contributed by atoms with Crippen molar-refractivity contribution in [3.8, 4) is 0 Å². The average Bonchev–Trinajstić information content (AvgIpc) is 2.81. The predicted octanol–water partition coefficient (Wildman–Crippen LogP) is 2.65. The van der Waals surface area contributed by atoms with E-state index in [-0.39, 0.29) is 10.6 Å². The summed E-state index contributed by atoms with van der Waals surface area (Å²) in [5, 5.41) is 18.3. The molecule has 2 rings (SSSR count). The highest BCUT2D eigenvalue weighted by atomic mass is 79.9. The molecule has 0 amide bonds. The number of hydrogen-bond acceptors (Lipinski definition) is 4. The predicted molar refractivity (Wildman–Crippen MR) is 79.5 cm³/mol. The molecule has 0 aliphatic rings. The Morgan fingerprint density at radius 3 is 2.95 bits per heavy atom. The van der Waals surface area contributed by atoms with Gasteiger partial charge in [-0.05, 0) is 24.6 Å². The molecule has 0 aliphatic carbocycles. The van der Waals surface area contributed by atoms with Crippen molar-refractivity contribution >= 4 is 21.6 Å². The minimum atomic E-state index is -0.362. The van der Waals surface area contributed by atoms with Gasteiger partial charge in [0.2, 0.25) is 0 Å². The molecule has 0 saturated heterocycles. The van der Waals surface area contributed by atoms with Crippen LogP contribution >= 0.6 is 15.9 Å². The summed E-state index contributed by atoms with van der Waals surface area (Å²) in [5.74, 6) is 0. The molecule has 0 atom stereocenters. The molecule has 1 aromatic heterocycles. The first-order valence-electron chi connectivity index (χ1n) is 6.19.